The lowest BCUT2D eigenvalue weighted by molar-refractivity contribution is 0.0677. The van der Waals surface area contributed by atoms with Gasteiger partial charge in [-0.3, -0.25) is 9.59 Å². The highest BCUT2D eigenvalue weighted by Crippen LogP contribution is 2.34. The Labute approximate surface area is 233 Å². The quantitative estimate of drug-likeness (QED) is 0.378. The number of rotatable bonds is 9. The van der Waals surface area contributed by atoms with Crippen molar-refractivity contribution >= 4 is 23.2 Å². The number of aryl methyl sites for hydroxylation is 1. The molecule has 0 spiro atoms. The second kappa shape index (κ2) is 12.4. The third kappa shape index (κ3) is 6.38. The van der Waals surface area contributed by atoms with Crippen LogP contribution in [0.1, 0.15) is 62.3 Å². The third-order valence-electron chi connectivity index (χ3n) is 7.70. The number of hydrogen-bond acceptors (Lipinski definition) is 7. The molecule has 39 heavy (non-hydrogen) atoms. The van der Waals surface area contributed by atoms with Crippen LogP contribution >= 0.6 is 11.3 Å². The zero-order chi connectivity index (χ0) is 27.4. The van der Waals surface area contributed by atoms with Gasteiger partial charge in [0.05, 0.1) is 24.3 Å². The fourth-order valence-corrected chi connectivity index (χ4v) is 6.52. The average Bonchev–Trinajstić information content (AvgIpc) is 3.73. The third-order valence-corrected chi connectivity index (χ3v) is 8.77. The first-order valence-corrected chi connectivity index (χ1v) is 14.4. The van der Waals surface area contributed by atoms with Gasteiger partial charge in [0.25, 0.3) is 11.8 Å². The molecule has 2 aliphatic heterocycles. The molecule has 8 nitrogen and oxygen atoms in total. The van der Waals surface area contributed by atoms with Crippen LogP contribution in [0.4, 0.5) is 0 Å². The number of aliphatic hydroxyl groups is 1. The van der Waals surface area contributed by atoms with Gasteiger partial charge in [-0.1, -0.05) is 36.4 Å². The average molecular weight is 549 g/mol. The molecule has 9 heteroatoms. The lowest BCUT2D eigenvalue weighted by Gasteiger charge is -2.29. The number of hydrogen-bond donors (Lipinski definition) is 3. The minimum absolute atomic E-state index is 0.0307. The predicted molar refractivity (Wildman–Crippen MR) is 151 cm³/mol. The molecule has 1 unspecified atom stereocenters. The molecule has 3 aromatic rings. The van der Waals surface area contributed by atoms with Crippen LogP contribution in [-0.4, -0.2) is 71.3 Å². The molecule has 2 saturated heterocycles. The van der Waals surface area contributed by atoms with Crippen LogP contribution in [0.15, 0.2) is 60.0 Å². The van der Waals surface area contributed by atoms with Crippen molar-refractivity contribution in [1.82, 2.24) is 20.5 Å². The number of aliphatic hydroxyl groups excluding tert-OH is 1. The fraction of sp³-hybridized carbons (Fsp3) is 0.433. The van der Waals surface area contributed by atoms with Crippen LogP contribution in [0, 0.1) is 6.92 Å². The van der Waals surface area contributed by atoms with Crippen LogP contribution in [0.3, 0.4) is 0 Å². The molecule has 0 saturated carbocycles. The second-order valence-corrected chi connectivity index (χ2v) is 11.3. The number of nitrogens with one attached hydrogen (secondary N) is 2. The Balaban J connectivity index is 1.32. The van der Waals surface area contributed by atoms with E-state index in [0.717, 1.165) is 29.1 Å². The van der Waals surface area contributed by atoms with Crippen molar-refractivity contribution in [2.75, 3.05) is 20.2 Å². The smallest absolute Gasteiger partial charge is 0.254 e. The summed E-state index contributed by atoms with van der Waals surface area (Å²) in [6.07, 6.45) is 2.17. The van der Waals surface area contributed by atoms with Crippen molar-refractivity contribution in [3.63, 3.8) is 0 Å². The van der Waals surface area contributed by atoms with Crippen LogP contribution in [0.25, 0.3) is 0 Å². The zero-order valence-corrected chi connectivity index (χ0v) is 23.2. The van der Waals surface area contributed by atoms with E-state index in [-0.39, 0.29) is 30.0 Å². The maximum Gasteiger partial charge on any atom is 0.254 e. The Kier molecular flexibility index (Phi) is 8.72. The van der Waals surface area contributed by atoms with Crippen molar-refractivity contribution in [3.8, 4) is 0 Å². The summed E-state index contributed by atoms with van der Waals surface area (Å²) < 4.78 is 5.45. The number of thiazole rings is 1. The summed E-state index contributed by atoms with van der Waals surface area (Å²) >= 11 is 1.59. The molecule has 2 aromatic carbocycles. The Morgan fingerprint density at radius 1 is 1.21 bits per heavy atom. The first-order valence-electron chi connectivity index (χ1n) is 13.5. The van der Waals surface area contributed by atoms with E-state index in [2.05, 4.69) is 15.6 Å². The molecule has 0 aliphatic carbocycles. The molecule has 3 heterocycles. The summed E-state index contributed by atoms with van der Waals surface area (Å²) in [5, 5.41) is 20.7. The number of likely N-dealkylation sites (tertiary alicyclic amines) is 1. The van der Waals surface area contributed by atoms with Gasteiger partial charge in [-0.25, -0.2) is 4.98 Å². The fourth-order valence-electron chi connectivity index (χ4n) is 5.58. The van der Waals surface area contributed by atoms with E-state index in [9.17, 15) is 14.7 Å². The molecule has 206 valence electrons. The van der Waals surface area contributed by atoms with Gasteiger partial charge >= 0.3 is 0 Å². The highest BCUT2D eigenvalue weighted by Gasteiger charge is 2.36. The highest BCUT2D eigenvalue weighted by molar-refractivity contribution is 7.09. The minimum atomic E-state index is -0.814. The number of amides is 2. The standard InChI is InChI=1S/C30H36N4O4S/c1-19-18-39-29(32-19)26-12-7-13-34(26)30(37)22-11-6-10-21(15-22)28(36)33-25(14-20-8-4-3-5-9-20)27(35)24-16-23(38-2)17-31-24/h3-6,8-11,15,18,23-27,31,35H,7,12-14,16-17H2,1-2H3,(H,33,36)/t23-,24-,25+,26?,27+/m1/s1. The Bertz CT molecular complexity index is 1280. The van der Waals surface area contributed by atoms with Gasteiger partial charge in [0.1, 0.15) is 5.01 Å². The minimum Gasteiger partial charge on any atom is -0.389 e. The van der Waals surface area contributed by atoms with Gasteiger partial charge in [-0.2, -0.15) is 0 Å². The number of methoxy groups -OCH3 is 1. The number of carbonyl (C=O) groups is 2. The van der Waals surface area contributed by atoms with E-state index in [1.165, 1.54) is 0 Å². The van der Waals surface area contributed by atoms with E-state index < -0.39 is 12.1 Å². The largest absolute Gasteiger partial charge is 0.389 e. The van der Waals surface area contributed by atoms with Crippen LogP contribution in [0.5, 0.6) is 0 Å². The SMILES string of the molecule is CO[C@H]1CN[C@@H]([C@H](O)[C@H](Cc2ccccc2)NC(=O)c2cccc(C(=O)N3CCCC3c3nc(C)cs3)c2)C1. The van der Waals surface area contributed by atoms with Gasteiger partial charge in [0, 0.05) is 48.4 Å². The predicted octanol–water partition coefficient (Wildman–Crippen LogP) is 3.51. The molecule has 0 radical (unpaired) electrons. The van der Waals surface area contributed by atoms with Gasteiger partial charge in [-0.15, -0.1) is 11.3 Å². The molecule has 0 bridgehead atoms. The Morgan fingerprint density at radius 3 is 2.72 bits per heavy atom. The summed E-state index contributed by atoms with van der Waals surface area (Å²) in [4.78, 5) is 33.5. The van der Waals surface area contributed by atoms with Crippen LogP contribution in [-0.2, 0) is 11.2 Å². The normalized spacial score (nSPS) is 22.5. The van der Waals surface area contributed by atoms with Crippen molar-refractivity contribution in [3.05, 3.63) is 87.4 Å². The summed E-state index contributed by atoms with van der Waals surface area (Å²) in [7, 11) is 1.67. The lowest BCUT2D eigenvalue weighted by Crippen LogP contribution is -2.52. The molecular weight excluding hydrogens is 512 g/mol. The first-order chi connectivity index (χ1) is 18.9. The van der Waals surface area contributed by atoms with Gasteiger partial charge in [-0.05, 0) is 56.4 Å². The molecule has 5 rings (SSSR count). The lowest BCUT2D eigenvalue weighted by atomic mass is 9.94. The van der Waals surface area contributed by atoms with E-state index >= 15 is 0 Å². The molecule has 2 amide bonds. The topological polar surface area (TPSA) is 104 Å². The van der Waals surface area contributed by atoms with Crippen molar-refractivity contribution in [1.29, 1.82) is 0 Å². The number of nitrogens with zero attached hydrogens (tertiary/aromatic N) is 2. The van der Waals surface area contributed by atoms with Gasteiger partial charge in [0.15, 0.2) is 0 Å². The molecular formula is C30H36N4O4S. The Morgan fingerprint density at radius 2 is 2.00 bits per heavy atom. The van der Waals surface area contributed by atoms with Crippen LogP contribution < -0.4 is 10.6 Å². The second-order valence-electron chi connectivity index (χ2n) is 10.4. The highest BCUT2D eigenvalue weighted by atomic mass is 32.1. The molecule has 2 fully saturated rings. The first kappa shape index (κ1) is 27.5. The maximum atomic E-state index is 13.5. The summed E-state index contributed by atoms with van der Waals surface area (Å²) in [5.41, 5.74) is 2.85. The monoisotopic (exact) mass is 548 g/mol. The van der Waals surface area contributed by atoms with E-state index in [1.54, 1.807) is 42.7 Å². The van der Waals surface area contributed by atoms with Gasteiger partial charge in [0.2, 0.25) is 0 Å². The van der Waals surface area contributed by atoms with Crippen molar-refractivity contribution < 1.29 is 19.4 Å². The van der Waals surface area contributed by atoms with Crippen molar-refractivity contribution in [2.45, 2.75) is 62.9 Å². The zero-order valence-electron chi connectivity index (χ0n) is 22.4. The number of ether oxygens (including phenoxy) is 1. The molecule has 1 aromatic heterocycles. The van der Waals surface area contributed by atoms with Crippen molar-refractivity contribution in [2.24, 2.45) is 0 Å². The Hall–Kier alpha value is -3.11. The summed E-state index contributed by atoms with van der Waals surface area (Å²) in [6.45, 7) is 3.29. The van der Waals surface area contributed by atoms with E-state index in [1.807, 2.05) is 47.5 Å². The number of carbonyl (C=O) groups excluding carboxylic acids is 2. The van der Waals surface area contributed by atoms with E-state index in [0.29, 0.717) is 37.1 Å². The summed E-state index contributed by atoms with van der Waals surface area (Å²) in [5.74, 6) is -0.416. The number of benzene rings is 2. The van der Waals surface area contributed by atoms with E-state index in [4.69, 9.17) is 4.74 Å². The molecule has 2 aliphatic rings. The maximum absolute atomic E-state index is 13.5. The summed E-state index contributed by atoms with van der Waals surface area (Å²) in [6, 6.07) is 15.9. The molecule has 5 atom stereocenters. The van der Waals surface area contributed by atoms with Crippen LogP contribution in [0.2, 0.25) is 0 Å². The van der Waals surface area contributed by atoms with Gasteiger partial charge < -0.3 is 25.4 Å². The molecule has 3 N–H and O–H groups in total. The number of aromatic nitrogens is 1.